The Balaban J connectivity index is 1.53. The minimum atomic E-state index is -0.437. The monoisotopic (exact) mass is 394 g/mol. The molecule has 3 rings (SSSR count). The van der Waals surface area contributed by atoms with Crippen molar-refractivity contribution in [2.75, 3.05) is 6.54 Å². The molecule has 152 valence electrons. The van der Waals surface area contributed by atoms with Crippen LogP contribution in [0.1, 0.15) is 45.4 Å². The molecule has 0 fully saturated rings. The van der Waals surface area contributed by atoms with Crippen molar-refractivity contribution in [1.29, 1.82) is 0 Å². The first kappa shape index (κ1) is 20.5. The molecule has 1 aromatic carbocycles. The average molecular weight is 394 g/mol. The summed E-state index contributed by atoms with van der Waals surface area (Å²) in [5, 5.41) is 10.4. The van der Waals surface area contributed by atoms with E-state index < -0.39 is 6.09 Å². The topological polar surface area (TPSA) is 90.1 Å². The summed E-state index contributed by atoms with van der Waals surface area (Å²) in [7, 11) is 0. The second kappa shape index (κ2) is 10.9. The van der Waals surface area contributed by atoms with Crippen molar-refractivity contribution in [1.82, 2.24) is 20.5 Å². The molecule has 0 aliphatic heterocycles. The summed E-state index contributed by atoms with van der Waals surface area (Å²) in [6.07, 6.45) is 11.3. The van der Waals surface area contributed by atoms with E-state index in [-0.39, 0.29) is 0 Å². The van der Waals surface area contributed by atoms with E-state index >= 15 is 0 Å². The fourth-order valence-corrected chi connectivity index (χ4v) is 2.99. The number of carbonyl (C=O) groups is 1. The van der Waals surface area contributed by atoms with Gasteiger partial charge in [0.05, 0.1) is 5.56 Å². The largest absolute Gasteiger partial charge is 0.423 e. The molecule has 7 nitrogen and oxygen atoms in total. The first-order chi connectivity index (χ1) is 14.3. The Hall–Kier alpha value is -3.22. The molecular weight excluding hydrogens is 368 g/mol. The van der Waals surface area contributed by atoms with Gasteiger partial charge in [-0.2, -0.15) is 0 Å². The Labute approximate surface area is 170 Å². The molecule has 0 atom stereocenters. The second-order valence-electron chi connectivity index (χ2n) is 6.82. The lowest BCUT2D eigenvalue weighted by Crippen LogP contribution is -2.27. The number of nitrogens with one attached hydrogen (secondary N) is 1. The number of aromatic nitrogens is 3. The van der Waals surface area contributed by atoms with Crippen LogP contribution in [0.5, 0.6) is 5.75 Å². The molecule has 0 aliphatic carbocycles. The predicted molar refractivity (Wildman–Crippen MR) is 110 cm³/mol. The third-order valence-corrected chi connectivity index (χ3v) is 4.52. The summed E-state index contributed by atoms with van der Waals surface area (Å²) >= 11 is 0. The van der Waals surface area contributed by atoms with Crippen molar-refractivity contribution in [2.24, 2.45) is 0 Å². The SMILES string of the molecule is CCCCCCCCNC(=O)Oc1cccc(-c2cncc(-c3nnco3)c2)c1. The smallest absolute Gasteiger partial charge is 0.412 e. The third-order valence-electron chi connectivity index (χ3n) is 4.52. The molecule has 1 amide bonds. The summed E-state index contributed by atoms with van der Waals surface area (Å²) in [4.78, 5) is 16.3. The molecule has 0 aliphatic rings. The second-order valence-corrected chi connectivity index (χ2v) is 6.82. The van der Waals surface area contributed by atoms with Crippen molar-refractivity contribution in [3.05, 3.63) is 49.1 Å². The summed E-state index contributed by atoms with van der Waals surface area (Å²) in [6.45, 7) is 2.83. The van der Waals surface area contributed by atoms with Gasteiger partial charge in [-0.25, -0.2) is 4.79 Å². The molecule has 2 aromatic heterocycles. The molecule has 3 aromatic rings. The van der Waals surface area contributed by atoms with Crippen LogP contribution in [-0.4, -0.2) is 27.8 Å². The number of nitrogens with zero attached hydrogens (tertiary/aromatic N) is 3. The van der Waals surface area contributed by atoms with E-state index in [1.807, 2.05) is 18.2 Å². The van der Waals surface area contributed by atoms with Crippen molar-refractivity contribution >= 4 is 6.09 Å². The molecule has 29 heavy (non-hydrogen) atoms. The van der Waals surface area contributed by atoms with E-state index in [9.17, 15) is 4.79 Å². The molecule has 0 bridgehead atoms. The Morgan fingerprint density at radius 1 is 1.03 bits per heavy atom. The van der Waals surface area contributed by atoms with Gasteiger partial charge in [-0.15, -0.1) is 10.2 Å². The van der Waals surface area contributed by atoms with Gasteiger partial charge in [0.15, 0.2) is 0 Å². The van der Waals surface area contributed by atoms with Crippen molar-refractivity contribution in [2.45, 2.75) is 45.4 Å². The van der Waals surface area contributed by atoms with Crippen LogP contribution < -0.4 is 10.1 Å². The van der Waals surface area contributed by atoms with E-state index in [1.165, 1.54) is 32.1 Å². The summed E-state index contributed by atoms with van der Waals surface area (Å²) < 4.78 is 10.6. The fraction of sp³-hybridized carbons (Fsp3) is 0.364. The van der Waals surface area contributed by atoms with E-state index in [0.29, 0.717) is 18.2 Å². The van der Waals surface area contributed by atoms with Gasteiger partial charge >= 0.3 is 6.09 Å². The highest BCUT2D eigenvalue weighted by molar-refractivity contribution is 5.73. The molecule has 2 heterocycles. The highest BCUT2D eigenvalue weighted by atomic mass is 16.6. The van der Waals surface area contributed by atoms with Gasteiger partial charge in [0, 0.05) is 24.5 Å². The van der Waals surface area contributed by atoms with Gasteiger partial charge in [-0.1, -0.05) is 51.2 Å². The van der Waals surface area contributed by atoms with E-state index in [2.05, 4.69) is 27.4 Å². The van der Waals surface area contributed by atoms with E-state index in [0.717, 1.165) is 29.5 Å². The van der Waals surface area contributed by atoms with Gasteiger partial charge in [-0.3, -0.25) is 4.98 Å². The van der Waals surface area contributed by atoms with Gasteiger partial charge in [0.2, 0.25) is 12.3 Å². The number of amides is 1. The Kier molecular flexibility index (Phi) is 7.74. The molecule has 0 saturated heterocycles. The van der Waals surface area contributed by atoms with Gasteiger partial charge in [0.25, 0.3) is 0 Å². The van der Waals surface area contributed by atoms with Crippen molar-refractivity contribution in [3.63, 3.8) is 0 Å². The average Bonchev–Trinajstić information content (AvgIpc) is 3.28. The van der Waals surface area contributed by atoms with Crippen LogP contribution in [0.2, 0.25) is 0 Å². The first-order valence-electron chi connectivity index (χ1n) is 10.0. The summed E-state index contributed by atoms with van der Waals surface area (Å²) in [5.41, 5.74) is 2.46. The van der Waals surface area contributed by atoms with Gasteiger partial charge in [-0.05, 0) is 30.2 Å². The van der Waals surface area contributed by atoms with Crippen LogP contribution in [0, 0.1) is 0 Å². The predicted octanol–water partition coefficient (Wildman–Crippen LogP) is 5.25. The summed E-state index contributed by atoms with van der Waals surface area (Å²) in [6, 6.07) is 9.22. The molecule has 1 N–H and O–H groups in total. The lowest BCUT2D eigenvalue weighted by atomic mass is 10.1. The highest BCUT2D eigenvalue weighted by Gasteiger charge is 2.09. The summed E-state index contributed by atoms with van der Waals surface area (Å²) in [5.74, 6) is 0.881. The number of unbranched alkanes of at least 4 members (excludes halogenated alkanes) is 5. The van der Waals surface area contributed by atoms with Crippen LogP contribution in [-0.2, 0) is 0 Å². The zero-order valence-corrected chi connectivity index (χ0v) is 16.6. The lowest BCUT2D eigenvalue weighted by Gasteiger charge is -2.08. The van der Waals surface area contributed by atoms with E-state index in [4.69, 9.17) is 9.15 Å². The Morgan fingerprint density at radius 2 is 1.86 bits per heavy atom. The van der Waals surface area contributed by atoms with Crippen molar-refractivity contribution < 1.29 is 13.9 Å². The maximum atomic E-state index is 12.0. The zero-order valence-electron chi connectivity index (χ0n) is 16.6. The maximum Gasteiger partial charge on any atom is 0.412 e. The highest BCUT2D eigenvalue weighted by Crippen LogP contribution is 2.26. The van der Waals surface area contributed by atoms with Gasteiger partial charge in [0.1, 0.15) is 5.75 Å². The molecule has 0 spiro atoms. The standard InChI is InChI=1S/C22H26N4O3/c1-2-3-4-5-6-7-11-24-22(27)29-20-10-8-9-17(13-20)18-12-19(15-23-14-18)21-26-25-16-28-21/h8-10,12-16H,2-7,11H2,1H3,(H,24,27). The molecule has 0 unspecified atom stereocenters. The number of hydrogen-bond donors (Lipinski definition) is 1. The van der Waals surface area contributed by atoms with Gasteiger partial charge < -0.3 is 14.5 Å². The minimum absolute atomic E-state index is 0.404. The zero-order chi connectivity index (χ0) is 20.3. The van der Waals surface area contributed by atoms with Crippen molar-refractivity contribution in [3.8, 4) is 28.3 Å². The van der Waals surface area contributed by atoms with Crippen LogP contribution in [0.4, 0.5) is 4.79 Å². The normalized spacial score (nSPS) is 10.7. The lowest BCUT2D eigenvalue weighted by molar-refractivity contribution is 0.200. The maximum absolute atomic E-state index is 12.0. The van der Waals surface area contributed by atoms with Crippen LogP contribution >= 0.6 is 0 Å². The Morgan fingerprint density at radius 3 is 2.69 bits per heavy atom. The first-order valence-corrected chi connectivity index (χ1v) is 10.0. The molecule has 0 saturated carbocycles. The molecule has 0 radical (unpaired) electrons. The quantitative estimate of drug-likeness (QED) is 0.473. The molecular formula is C22H26N4O3. The van der Waals surface area contributed by atoms with Crippen LogP contribution in [0.3, 0.4) is 0 Å². The number of ether oxygens (including phenoxy) is 1. The minimum Gasteiger partial charge on any atom is -0.423 e. The third kappa shape index (κ3) is 6.41. The number of carbonyl (C=O) groups excluding carboxylic acids is 1. The fourth-order valence-electron chi connectivity index (χ4n) is 2.99. The van der Waals surface area contributed by atoms with Crippen LogP contribution in [0.25, 0.3) is 22.6 Å². The van der Waals surface area contributed by atoms with E-state index in [1.54, 1.807) is 24.5 Å². The number of pyridine rings is 1. The molecule has 7 heteroatoms. The number of hydrogen-bond acceptors (Lipinski definition) is 6. The van der Waals surface area contributed by atoms with Crippen LogP contribution in [0.15, 0.2) is 53.5 Å². The number of rotatable bonds is 10. The Bertz CT molecular complexity index is 897. The number of benzene rings is 1.